The van der Waals surface area contributed by atoms with Crippen molar-refractivity contribution < 1.29 is 23.8 Å². The minimum absolute atomic E-state index is 0.0830. The highest BCUT2D eigenvalue weighted by molar-refractivity contribution is 8.15. The average molecular weight is 447 g/mol. The molecule has 1 saturated heterocycles. The zero-order chi connectivity index (χ0) is 22.7. The molecule has 0 aliphatic carbocycles. The molecule has 168 valence electrons. The second-order valence-electron chi connectivity index (χ2n) is 7.71. The molecule has 0 N–H and O–H groups in total. The van der Waals surface area contributed by atoms with Gasteiger partial charge < -0.3 is 14.2 Å². The Hall–Kier alpha value is -2.48. The molecule has 1 fully saturated rings. The lowest BCUT2D eigenvalue weighted by molar-refractivity contribution is -0.143. The summed E-state index contributed by atoms with van der Waals surface area (Å²) in [6, 6.07) is 4.92. The van der Waals surface area contributed by atoms with Crippen LogP contribution in [0.25, 0.3) is 0 Å². The molecule has 2 unspecified atom stereocenters. The molecule has 2 heterocycles. The maximum Gasteiger partial charge on any atom is 0.338 e. The molecular weight excluding hydrogens is 416 g/mol. The number of esters is 1. The van der Waals surface area contributed by atoms with Gasteiger partial charge >= 0.3 is 5.97 Å². The normalized spacial score (nSPS) is 20.7. The Labute approximate surface area is 187 Å². The van der Waals surface area contributed by atoms with E-state index in [1.54, 1.807) is 25.7 Å². The first kappa shape index (κ1) is 23.2. The largest absolute Gasteiger partial charge is 0.490 e. The van der Waals surface area contributed by atoms with Gasteiger partial charge in [-0.05, 0) is 58.7 Å². The zero-order valence-electron chi connectivity index (χ0n) is 18.9. The van der Waals surface area contributed by atoms with Crippen LogP contribution in [-0.4, -0.2) is 46.5 Å². The third-order valence-electron chi connectivity index (χ3n) is 4.87. The van der Waals surface area contributed by atoms with Crippen LogP contribution in [0.1, 0.15) is 59.6 Å². The maximum absolute atomic E-state index is 13.0. The number of rotatable bonds is 8. The molecule has 1 aromatic carbocycles. The summed E-state index contributed by atoms with van der Waals surface area (Å²) in [6.07, 6.45) is 0.588. The van der Waals surface area contributed by atoms with Gasteiger partial charge in [0.1, 0.15) is 0 Å². The van der Waals surface area contributed by atoms with Gasteiger partial charge in [0.2, 0.25) is 5.91 Å². The van der Waals surface area contributed by atoms with Crippen molar-refractivity contribution in [3.05, 3.63) is 35.0 Å². The lowest BCUT2D eigenvalue weighted by Gasteiger charge is -2.33. The second kappa shape index (κ2) is 9.77. The van der Waals surface area contributed by atoms with Crippen molar-refractivity contribution in [3.63, 3.8) is 0 Å². The zero-order valence-corrected chi connectivity index (χ0v) is 19.7. The van der Waals surface area contributed by atoms with Crippen LogP contribution in [0.5, 0.6) is 11.5 Å². The van der Waals surface area contributed by atoms with Crippen LogP contribution in [0.3, 0.4) is 0 Å². The van der Waals surface area contributed by atoms with Crippen LogP contribution in [0, 0.1) is 0 Å². The molecule has 0 aromatic heterocycles. The molecule has 0 saturated carbocycles. The third-order valence-corrected chi connectivity index (χ3v) is 5.92. The number of benzene rings is 1. The molecule has 2 aliphatic rings. The third kappa shape index (κ3) is 4.74. The van der Waals surface area contributed by atoms with Crippen LogP contribution in [0.4, 0.5) is 0 Å². The fourth-order valence-corrected chi connectivity index (χ4v) is 4.58. The molecule has 0 bridgehead atoms. The summed E-state index contributed by atoms with van der Waals surface area (Å²) >= 11 is 1.40. The number of hydrogen-bond acceptors (Lipinski definition) is 7. The fourth-order valence-electron chi connectivity index (χ4n) is 3.55. The Balaban J connectivity index is 2.11. The number of hydrogen-bond donors (Lipinski definition) is 0. The maximum atomic E-state index is 13.0. The minimum Gasteiger partial charge on any atom is -0.490 e. The highest BCUT2D eigenvalue weighted by Gasteiger charge is 2.46. The van der Waals surface area contributed by atoms with Gasteiger partial charge in [-0.3, -0.25) is 9.69 Å². The Kier molecular flexibility index (Phi) is 7.30. The lowest BCUT2D eigenvalue weighted by Crippen LogP contribution is -2.40. The first-order chi connectivity index (χ1) is 14.8. The smallest absolute Gasteiger partial charge is 0.338 e. The van der Waals surface area contributed by atoms with E-state index in [9.17, 15) is 9.59 Å². The number of amides is 1. The highest BCUT2D eigenvalue weighted by Crippen LogP contribution is 2.45. The summed E-state index contributed by atoms with van der Waals surface area (Å²) in [6.45, 7) is 12.2. The van der Waals surface area contributed by atoms with Gasteiger partial charge in [-0.15, -0.1) is 0 Å². The molecule has 31 heavy (non-hydrogen) atoms. The van der Waals surface area contributed by atoms with E-state index in [4.69, 9.17) is 14.2 Å². The van der Waals surface area contributed by atoms with Gasteiger partial charge in [-0.1, -0.05) is 24.8 Å². The Morgan fingerprint density at radius 2 is 1.97 bits per heavy atom. The van der Waals surface area contributed by atoms with Crippen molar-refractivity contribution in [1.82, 2.24) is 4.90 Å². The van der Waals surface area contributed by atoms with Gasteiger partial charge in [0.05, 0.1) is 41.9 Å². The van der Waals surface area contributed by atoms with Crippen molar-refractivity contribution in [2.75, 3.05) is 13.2 Å². The van der Waals surface area contributed by atoms with E-state index in [1.807, 2.05) is 39.0 Å². The standard InChI is InChI=1S/C23H30N2O5S/c1-7-11-29-17-10-9-16(12-18(17)28-8-2)20-19(22(27)30-13(3)4)14(5)24-23-25(20)21(26)15(6)31-23/h9-10,12-13,15,20H,7-8,11H2,1-6H3. The average Bonchev–Trinajstić information content (AvgIpc) is 2.98. The first-order valence-corrected chi connectivity index (χ1v) is 11.6. The number of carbonyl (C=O) groups excluding carboxylic acids is 2. The van der Waals surface area contributed by atoms with E-state index >= 15 is 0 Å². The first-order valence-electron chi connectivity index (χ1n) is 10.7. The topological polar surface area (TPSA) is 77.4 Å². The summed E-state index contributed by atoms with van der Waals surface area (Å²) in [5, 5.41) is 0.332. The predicted molar refractivity (Wildman–Crippen MR) is 121 cm³/mol. The monoisotopic (exact) mass is 446 g/mol. The number of thioether (sulfide) groups is 1. The van der Waals surface area contributed by atoms with Crippen molar-refractivity contribution >= 4 is 28.8 Å². The predicted octanol–water partition coefficient (Wildman–Crippen LogP) is 4.47. The summed E-state index contributed by atoms with van der Waals surface area (Å²) in [7, 11) is 0. The van der Waals surface area contributed by atoms with E-state index < -0.39 is 12.0 Å². The lowest BCUT2D eigenvalue weighted by atomic mass is 9.94. The van der Waals surface area contributed by atoms with Crippen molar-refractivity contribution in [3.8, 4) is 11.5 Å². The van der Waals surface area contributed by atoms with Gasteiger partial charge in [0, 0.05) is 0 Å². The van der Waals surface area contributed by atoms with Crippen LogP contribution in [-0.2, 0) is 14.3 Å². The van der Waals surface area contributed by atoms with E-state index in [2.05, 4.69) is 4.99 Å². The number of ether oxygens (including phenoxy) is 3. The Morgan fingerprint density at radius 3 is 2.61 bits per heavy atom. The van der Waals surface area contributed by atoms with Crippen LogP contribution in [0.15, 0.2) is 34.5 Å². The summed E-state index contributed by atoms with van der Waals surface area (Å²) in [4.78, 5) is 32.2. The molecule has 1 aromatic rings. The summed E-state index contributed by atoms with van der Waals surface area (Å²) < 4.78 is 17.1. The van der Waals surface area contributed by atoms with Gasteiger partial charge in [0.25, 0.3) is 0 Å². The molecule has 8 heteroatoms. The van der Waals surface area contributed by atoms with Gasteiger partial charge in [0.15, 0.2) is 16.7 Å². The molecule has 7 nitrogen and oxygen atoms in total. The van der Waals surface area contributed by atoms with Crippen molar-refractivity contribution in [2.45, 2.75) is 65.4 Å². The molecule has 3 rings (SSSR count). The molecule has 2 atom stereocenters. The number of fused-ring (bicyclic) bond motifs is 1. The van der Waals surface area contributed by atoms with Crippen molar-refractivity contribution in [2.24, 2.45) is 4.99 Å². The molecular formula is C23H30N2O5S. The summed E-state index contributed by atoms with van der Waals surface area (Å²) in [5.74, 6) is 0.668. The number of carbonyl (C=O) groups is 2. The van der Waals surface area contributed by atoms with Crippen LogP contribution < -0.4 is 9.47 Å². The van der Waals surface area contributed by atoms with Crippen molar-refractivity contribution in [1.29, 1.82) is 0 Å². The molecule has 1 amide bonds. The number of allylic oxidation sites excluding steroid dienone is 1. The molecule has 0 spiro atoms. The molecule has 2 aliphatic heterocycles. The Morgan fingerprint density at radius 1 is 1.23 bits per heavy atom. The minimum atomic E-state index is -0.636. The molecule has 0 radical (unpaired) electrons. The van der Waals surface area contributed by atoms with E-state index in [-0.39, 0.29) is 17.3 Å². The number of nitrogens with zero attached hydrogens (tertiary/aromatic N) is 2. The van der Waals surface area contributed by atoms with E-state index in [0.29, 0.717) is 41.2 Å². The summed E-state index contributed by atoms with van der Waals surface area (Å²) in [5.41, 5.74) is 1.67. The number of aliphatic imine (C=N–C) groups is 1. The van der Waals surface area contributed by atoms with Crippen LogP contribution >= 0.6 is 11.8 Å². The second-order valence-corrected chi connectivity index (χ2v) is 9.01. The SMILES string of the molecule is CCCOc1ccc(C2C(C(=O)OC(C)C)=C(C)N=C3SC(C)C(=O)N32)cc1OCC. The van der Waals surface area contributed by atoms with Gasteiger partial charge in [-0.25, -0.2) is 9.79 Å². The van der Waals surface area contributed by atoms with E-state index in [1.165, 1.54) is 11.8 Å². The van der Waals surface area contributed by atoms with E-state index in [0.717, 1.165) is 12.0 Å². The van der Waals surface area contributed by atoms with Crippen LogP contribution in [0.2, 0.25) is 0 Å². The fraction of sp³-hybridized carbons (Fsp3) is 0.522. The quantitative estimate of drug-likeness (QED) is 0.548. The Bertz CT molecular complexity index is 925. The van der Waals surface area contributed by atoms with Gasteiger partial charge in [-0.2, -0.15) is 0 Å². The number of amidine groups is 1. The highest BCUT2D eigenvalue weighted by atomic mass is 32.2.